The maximum Gasteiger partial charge on any atom is 0.264 e. The molecule has 2 aromatic carbocycles. The van der Waals surface area contributed by atoms with Crippen LogP contribution in [0.1, 0.15) is 0 Å². The van der Waals surface area contributed by atoms with E-state index < -0.39 is 0 Å². The summed E-state index contributed by atoms with van der Waals surface area (Å²) in [5.41, 5.74) is 0.693. The van der Waals surface area contributed by atoms with E-state index in [9.17, 15) is 9.18 Å². The number of amides is 1. The standard InChI is InChI=1S/C16H11ClFN3O2S/c17-13-4-2-1-3-12(13)15-20-16(24-21-15)19-14(22)9-23-11-7-5-10(18)6-8-11/h1-8H,9H2,(H,19,20,21,22). The van der Waals surface area contributed by atoms with Crippen LogP contribution >= 0.6 is 23.1 Å². The molecule has 0 fully saturated rings. The quantitative estimate of drug-likeness (QED) is 0.743. The van der Waals surface area contributed by atoms with E-state index in [1.807, 2.05) is 12.1 Å². The predicted octanol–water partition coefficient (Wildman–Crippen LogP) is 4.02. The van der Waals surface area contributed by atoms with E-state index in [0.717, 1.165) is 11.5 Å². The number of carbonyl (C=O) groups is 1. The normalized spacial score (nSPS) is 10.4. The number of nitrogens with zero attached hydrogens (tertiary/aromatic N) is 2. The molecule has 8 heteroatoms. The minimum Gasteiger partial charge on any atom is -0.484 e. The molecule has 3 aromatic rings. The third-order valence-corrected chi connectivity index (χ3v) is 3.93. The van der Waals surface area contributed by atoms with E-state index in [4.69, 9.17) is 16.3 Å². The van der Waals surface area contributed by atoms with Gasteiger partial charge in [0.15, 0.2) is 12.4 Å². The van der Waals surface area contributed by atoms with Crippen molar-refractivity contribution in [2.24, 2.45) is 0 Å². The number of ether oxygens (including phenoxy) is 1. The Morgan fingerprint density at radius 2 is 1.96 bits per heavy atom. The number of hydrogen-bond donors (Lipinski definition) is 1. The van der Waals surface area contributed by atoms with Crippen molar-refractivity contribution in [2.45, 2.75) is 0 Å². The molecule has 0 saturated heterocycles. The van der Waals surface area contributed by atoms with Gasteiger partial charge < -0.3 is 4.74 Å². The van der Waals surface area contributed by atoms with Crippen LogP contribution in [0.2, 0.25) is 5.02 Å². The van der Waals surface area contributed by atoms with Gasteiger partial charge in [0.1, 0.15) is 11.6 Å². The summed E-state index contributed by atoms with van der Waals surface area (Å²) >= 11 is 7.14. The van der Waals surface area contributed by atoms with Gasteiger partial charge in [-0.1, -0.05) is 23.7 Å². The molecule has 0 aliphatic heterocycles. The first-order valence-corrected chi connectivity index (χ1v) is 8.04. The topological polar surface area (TPSA) is 64.1 Å². The Morgan fingerprint density at radius 3 is 2.71 bits per heavy atom. The first-order valence-electron chi connectivity index (χ1n) is 6.88. The minimum atomic E-state index is -0.388. The summed E-state index contributed by atoms with van der Waals surface area (Å²) in [4.78, 5) is 16.1. The average Bonchev–Trinajstić information content (AvgIpc) is 3.03. The molecule has 0 bridgehead atoms. The zero-order valence-electron chi connectivity index (χ0n) is 12.2. The van der Waals surface area contributed by atoms with E-state index in [1.165, 1.54) is 24.3 Å². The molecule has 1 amide bonds. The lowest BCUT2D eigenvalue weighted by molar-refractivity contribution is -0.118. The van der Waals surface area contributed by atoms with Gasteiger partial charge in [-0.2, -0.15) is 9.36 Å². The predicted molar refractivity (Wildman–Crippen MR) is 90.9 cm³/mol. The maximum absolute atomic E-state index is 12.8. The molecule has 0 saturated carbocycles. The molecule has 0 atom stereocenters. The summed E-state index contributed by atoms with van der Waals surface area (Å²) in [5, 5.41) is 3.48. The fourth-order valence-corrected chi connectivity index (χ4v) is 2.68. The highest BCUT2D eigenvalue weighted by Gasteiger charge is 2.12. The van der Waals surface area contributed by atoms with E-state index >= 15 is 0 Å². The van der Waals surface area contributed by atoms with Crippen LogP contribution in [0, 0.1) is 5.82 Å². The second-order valence-corrected chi connectivity index (χ2v) is 5.85. The van der Waals surface area contributed by atoms with E-state index in [1.54, 1.807) is 12.1 Å². The summed E-state index contributed by atoms with van der Waals surface area (Å²) in [5.74, 6) is 0.0925. The van der Waals surface area contributed by atoms with Crippen molar-refractivity contribution in [3.63, 3.8) is 0 Å². The summed E-state index contributed by atoms with van der Waals surface area (Å²) in [6, 6.07) is 12.6. The first kappa shape index (κ1) is 16.4. The Labute approximate surface area is 146 Å². The van der Waals surface area contributed by atoms with Gasteiger partial charge in [0.05, 0.1) is 5.02 Å². The van der Waals surface area contributed by atoms with Crippen LogP contribution in [0.4, 0.5) is 9.52 Å². The summed E-state index contributed by atoms with van der Waals surface area (Å²) in [7, 11) is 0. The van der Waals surface area contributed by atoms with Gasteiger partial charge in [-0.3, -0.25) is 10.1 Å². The number of carbonyl (C=O) groups excluding carboxylic acids is 1. The number of rotatable bonds is 5. The van der Waals surface area contributed by atoms with Crippen molar-refractivity contribution in [1.29, 1.82) is 0 Å². The van der Waals surface area contributed by atoms with Gasteiger partial charge in [0, 0.05) is 17.1 Å². The van der Waals surface area contributed by atoms with E-state index in [-0.39, 0.29) is 18.3 Å². The Hall–Kier alpha value is -2.51. The third kappa shape index (κ3) is 4.06. The number of hydrogen-bond acceptors (Lipinski definition) is 5. The van der Waals surface area contributed by atoms with Gasteiger partial charge in [0.2, 0.25) is 5.13 Å². The number of anilines is 1. The van der Waals surface area contributed by atoms with Crippen LogP contribution in [0.25, 0.3) is 11.4 Å². The molecular weight excluding hydrogens is 353 g/mol. The molecule has 0 radical (unpaired) electrons. The SMILES string of the molecule is O=C(COc1ccc(F)cc1)Nc1nc(-c2ccccc2Cl)ns1. The van der Waals surface area contributed by atoms with Crippen LogP contribution in [0.3, 0.4) is 0 Å². The Morgan fingerprint density at radius 1 is 1.21 bits per heavy atom. The maximum atomic E-state index is 12.8. The van der Waals surface area contributed by atoms with Crippen molar-refractivity contribution in [3.05, 3.63) is 59.4 Å². The average molecular weight is 364 g/mol. The monoisotopic (exact) mass is 363 g/mol. The summed E-state index contributed by atoms with van der Waals surface area (Å²) in [6.07, 6.45) is 0. The highest BCUT2D eigenvalue weighted by molar-refractivity contribution is 7.10. The van der Waals surface area contributed by atoms with E-state index in [0.29, 0.717) is 27.3 Å². The van der Waals surface area contributed by atoms with Crippen LogP contribution in [-0.2, 0) is 4.79 Å². The summed E-state index contributed by atoms with van der Waals surface area (Å²) < 4.78 is 22.2. The molecule has 24 heavy (non-hydrogen) atoms. The van der Waals surface area contributed by atoms with Crippen LogP contribution in [-0.4, -0.2) is 21.9 Å². The Balaban J connectivity index is 1.59. The van der Waals surface area contributed by atoms with Crippen LogP contribution in [0.15, 0.2) is 48.5 Å². The van der Waals surface area contributed by atoms with Gasteiger partial charge in [-0.05, 0) is 36.4 Å². The number of benzene rings is 2. The van der Waals surface area contributed by atoms with Gasteiger partial charge in [-0.15, -0.1) is 0 Å². The van der Waals surface area contributed by atoms with Crippen molar-refractivity contribution in [1.82, 2.24) is 9.36 Å². The number of aromatic nitrogens is 2. The van der Waals surface area contributed by atoms with Crippen molar-refractivity contribution >= 4 is 34.2 Å². The fourth-order valence-electron chi connectivity index (χ4n) is 1.86. The molecule has 1 N–H and O–H groups in total. The van der Waals surface area contributed by atoms with Crippen molar-refractivity contribution in [3.8, 4) is 17.1 Å². The Kier molecular flexibility index (Phi) is 5.02. The molecule has 0 unspecified atom stereocenters. The van der Waals surface area contributed by atoms with Gasteiger partial charge in [-0.25, -0.2) is 4.39 Å². The highest BCUT2D eigenvalue weighted by Crippen LogP contribution is 2.27. The lowest BCUT2D eigenvalue weighted by Gasteiger charge is -2.05. The number of halogens is 2. The first-order chi connectivity index (χ1) is 11.6. The molecule has 3 rings (SSSR count). The zero-order chi connectivity index (χ0) is 16.9. The molecule has 0 spiro atoms. The number of nitrogens with one attached hydrogen (secondary N) is 1. The molecule has 5 nitrogen and oxygen atoms in total. The molecule has 122 valence electrons. The van der Waals surface area contributed by atoms with Crippen molar-refractivity contribution in [2.75, 3.05) is 11.9 Å². The van der Waals surface area contributed by atoms with Gasteiger partial charge >= 0.3 is 0 Å². The van der Waals surface area contributed by atoms with Crippen molar-refractivity contribution < 1.29 is 13.9 Å². The van der Waals surface area contributed by atoms with Crippen LogP contribution < -0.4 is 10.1 Å². The van der Waals surface area contributed by atoms with Gasteiger partial charge in [0.25, 0.3) is 5.91 Å². The molecule has 1 aromatic heterocycles. The largest absolute Gasteiger partial charge is 0.484 e. The highest BCUT2D eigenvalue weighted by atomic mass is 35.5. The smallest absolute Gasteiger partial charge is 0.264 e. The second kappa shape index (κ2) is 7.37. The lowest BCUT2D eigenvalue weighted by atomic mass is 10.2. The molecule has 1 heterocycles. The lowest BCUT2D eigenvalue weighted by Crippen LogP contribution is -2.20. The zero-order valence-corrected chi connectivity index (χ0v) is 13.8. The third-order valence-electron chi connectivity index (χ3n) is 2.97. The van der Waals surface area contributed by atoms with E-state index in [2.05, 4.69) is 14.7 Å². The van der Waals surface area contributed by atoms with Crippen LogP contribution in [0.5, 0.6) is 5.75 Å². The summed E-state index contributed by atoms with van der Waals surface area (Å²) in [6.45, 7) is -0.216. The molecular formula is C16H11ClFN3O2S. The molecule has 0 aliphatic rings. The minimum absolute atomic E-state index is 0.216. The fraction of sp³-hybridized carbons (Fsp3) is 0.0625. The second-order valence-electron chi connectivity index (χ2n) is 4.69. The Bertz CT molecular complexity index is 855. The molecule has 0 aliphatic carbocycles.